The average Bonchev–Trinajstić information content (AvgIpc) is 2.54. The molecule has 2 fully saturated rings. The zero-order valence-electron chi connectivity index (χ0n) is 16.0. The fourth-order valence-electron chi connectivity index (χ4n) is 2.99. The second-order valence-electron chi connectivity index (χ2n) is 7.97. The third kappa shape index (κ3) is 9.78. The van der Waals surface area contributed by atoms with Crippen molar-refractivity contribution >= 4 is 12.0 Å². The lowest BCUT2D eigenvalue weighted by molar-refractivity contribution is -0.119. The van der Waals surface area contributed by atoms with E-state index in [0.717, 1.165) is 12.8 Å². The molecule has 1 saturated heterocycles. The first kappa shape index (κ1) is 20.8. The van der Waals surface area contributed by atoms with Gasteiger partial charge < -0.3 is 15.0 Å². The Labute approximate surface area is 147 Å². The molecule has 1 heterocycles. The molecule has 2 amide bonds. The molecule has 0 spiro atoms. The number of amides is 2. The van der Waals surface area contributed by atoms with E-state index in [1.54, 1.807) is 4.90 Å². The molecule has 1 saturated carbocycles. The highest BCUT2D eigenvalue weighted by molar-refractivity contribution is 5.72. The minimum Gasteiger partial charge on any atom is -0.444 e. The molecule has 0 unspecified atom stereocenters. The summed E-state index contributed by atoms with van der Waals surface area (Å²) < 4.78 is 5.33. The van der Waals surface area contributed by atoms with E-state index >= 15 is 0 Å². The quantitative estimate of drug-likeness (QED) is 0.823. The Kier molecular flexibility index (Phi) is 9.16. The molecular formula is C19H36N2O3. The third-order valence-electron chi connectivity index (χ3n) is 4.41. The number of carbonyl (C=O) groups excluding carboxylic acids is 2. The Morgan fingerprint density at radius 2 is 1.46 bits per heavy atom. The van der Waals surface area contributed by atoms with Crippen LogP contribution in [0.25, 0.3) is 0 Å². The van der Waals surface area contributed by atoms with E-state index in [2.05, 4.69) is 5.32 Å². The van der Waals surface area contributed by atoms with Gasteiger partial charge in [0.2, 0.25) is 5.91 Å². The first-order valence-corrected chi connectivity index (χ1v) is 9.50. The van der Waals surface area contributed by atoms with Gasteiger partial charge in [-0.3, -0.25) is 4.79 Å². The van der Waals surface area contributed by atoms with Crippen LogP contribution in [0.4, 0.5) is 4.79 Å². The van der Waals surface area contributed by atoms with E-state index in [-0.39, 0.29) is 12.0 Å². The molecule has 0 aromatic carbocycles. The normalized spacial score (nSPS) is 19.1. The van der Waals surface area contributed by atoms with Crippen molar-refractivity contribution in [2.24, 2.45) is 5.92 Å². The van der Waals surface area contributed by atoms with Crippen LogP contribution in [-0.4, -0.2) is 42.1 Å². The van der Waals surface area contributed by atoms with E-state index in [0.29, 0.717) is 25.6 Å². The van der Waals surface area contributed by atoms with E-state index < -0.39 is 5.60 Å². The Balaban J connectivity index is 0.000000400. The van der Waals surface area contributed by atoms with Crippen LogP contribution in [0.3, 0.4) is 0 Å². The summed E-state index contributed by atoms with van der Waals surface area (Å²) in [6, 6.07) is 0. The summed E-state index contributed by atoms with van der Waals surface area (Å²) in [5.41, 5.74) is -0.440. The van der Waals surface area contributed by atoms with Crippen LogP contribution in [0.2, 0.25) is 0 Å². The molecule has 1 aliphatic heterocycles. The maximum atomic E-state index is 11.8. The number of nitrogens with one attached hydrogen (secondary N) is 1. The summed E-state index contributed by atoms with van der Waals surface area (Å²) in [5, 5.41) is 2.82. The van der Waals surface area contributed by atoms with Gasteiger partial charge in [-0.1, -0.05) is 38.5 Å². The molecule has 140 valence electrons. The van der Waals surface area contributed by atoms with Crippen LogP contribution in [0.5, 0.6) is 0 Å². The first-order valence-electron chi connectivity index (χ1n) is 9.50. The van der Waals surface area contributed by atoms with Crippen molar-refractivity contribution in [2.45, 2.75) is 84.7 Å². The number of hydrogen-bond acceptors (Lipinski definition) is 3. The molecule has 5 nitrogen and oxygen atoms in total. The monoisotopic (exact) mass is 340 g/mol. The van der Waals surface area contributed by atoms with E-state index in [4.69, 9.17) is 4.74 Å². The molecule has 0 aromatic rings. The predicted octanol–water partition coefficient (Wildman–Crippen LogP) is 4.11. The second-order valence-corrected chi connectivity index (χ2v) is 7.97. The molecule has 2 rings (SSSR count). The van der Waals surface area contributed by atoms with Crippen LogP contribution in [-0.2, 0) is 9.53 Å². The van der Waals surface area contributed by atoms with Gasteiger partial charge in [0.05, 0.1) is 0 Å². The lowest BCUT2D eigenvalue weighted by Gasteiger charge is -2.33. The summed E-state index contributed by atoms with van der Waals surface area (Å²) in [7, 11) is 0. The van der Waals surface area contributed by atoms with Crippen molar-refractivity contribution < 1.29 is 14.3 Å². The second kappa shape index (κ2) is 10.6. The molecular weight excluding hydrogens is 304 g/mol. The van der Waals surface area contributed by atoms with Gasteiger partial charge in [-0.15, -0.1) is 0 Å². The molecule has 0 radical (unpaired) electrons. The van der Waals surface area contributed by atoms with Crippen LogP contribution in [0, 0.1) is 5.92 Å². The Morgan fingerprint density at radius 1 is 1.00 bits per heavy atom. The summed E-state index contributed by atoms with van der Waals surface area (Å²) in [5.74, 6) is 0.470. The third-order valence-corrected chi connectivity index (χ3v) is 4.41. The zero-order valence-corrected chi connectivity index (χ0v) is 16.0. The summed E-state index contributed by atoms with van der Waals surface area (Å²) >= 11 is 0. The number of rotatable bonds is 2. The van der Waals surface area contributed by atoms with Crippen molar-refractivity contribution in [1.82, 2.24) is 10.2 Å². The van der Waals surface area contributed by atoms with E-state index in [1.807, 2.05) is 20.8 Å². The summed E-state index contributed by atoms with van der Waals surface area (Å²) in [6.07, 6.45) is 10.6. The van der Waals surface area contributed by atoms with Gasteiger partial charge in [0.25, 0.3) is 0 Å². The van der Waals surface area contributed by atoms with Crippen LogP contribution < -0.4 is 5.32 Å². The van der Waals surface area contributed by atoms with Crippen molar-refractivity contribution in [1.29, 1.82) is 0 Å². The van der Waals surface area contributed by atoms with Gasteiger partial charge in [-0.25, -0.2) is 4.79 Å². The SMILES string of the molecule is C1CCCCC1.CC(=O)NCC1CCN(C(=O)OC(C)(C)C)CC1. The zero-order chi connectivity index (χ0) is 18.0. The Morgan fingerprint density at radius 3 is 1.83 bits per heavy atom. The lowest BCUT2D eigenvalue weighted by atomic mass is 9.97. The molecule has 2 aliphatic rings. The van der Waals surface area contributed by atoms with Crippen molar-refractivity contribution in [3.05, 3.63) is 0 Å². The number of nitrogens with zero attached hydrogens (tertiary/aromatic N) is 1. The smallest absolute Gasteiger partial charge is 0.410 e. The van der Waals surface area contributed by atoms with Gasteiger partial charge in [-0.2, -0.15) is 0 Å². The minimum atomic E-state index is -0.440. The molecule has 0 atom stereocenters. The topological polar surface area (TPSA) is 58.6 Å². The molecule has 0 aromatic heterocycles. The van der Waals surface area contributed by atoms with Crippen LogP contribution in [0.1, 0.15) is 79.1 Å². The maximum Gasteiger partial charge on any atom is 0.410 e. The largest absolute Gasteiger partial charge is 0.444 e. The van der Waals surface area contributed by atoms with E-state index in [1.165, 1.54) is 45.4 Å². The average molecular weight is 341 g/mol. The van der Waals surface area contributed by atoms with Gasteiger partial charge in [0, 0.05) is 26.6 Å². The summed E-state index contributed by atoms with van der Waals surface area (Å²) in [4.78, 5) is 24.4. The standard InChI is InChI=1S/C13H24N2O3.C6H12/c1-10(16)14-9-11-5-7-15(8-6-11)12(17)18-13(2,3)4;1-2-4-6-5-3-1/h11H,5-9H2,1-4H3,(H,14,16);1-6H2. The minimum absolute atomic E-state index is 0.00423. The van der Waals surface area contributed by atoms with Crippen LogP contribution in [0.15, 0.2) is 0 Å². The Hall–Kier alpha value is -1.26. The summed E-state index contributed by atoms with van der Waals surface area (Å²) in [6.45, 7) is 9.25. The highest BCUT2D eigenvalue weighted by Crippen LogP contribution is 2.19. The fourth-order valence-corrected chi connectivity index (χ4v) is 2.99. The molecule has 5 heteroatoms. The number of piperidine rings is 1. The molecule has 1 aliphatic carbocycles. The van der Waals surface area contributed by atoms with Crippen molar-refractivity contribution in [3.8, 4) is 0 Å². The lowest BCUT2D eigenvalue weighted by Crippen LogP contribution is -2.43. The number of carbonyl (C=O) groups is 2. The Bertz CT molecular complexity index is 367. The first-order chi connectivity index (χ1) is 11.3. The van der Waals surface area contributed by atoms with Gasteiger partial charge in [0.1, 0.15) is 5.60 Å². The van der Waals surface area contributed by atoms with Crippen molar-refractivity contribution in [2.75, 3.05) is 19.6 Å². The molecule has 0 bridgehead atoms. The number of ether oxygens (including phenoxy) is 1. The van der Waals surface area contributed by atoms with E-state index in [9.17, 15) is 9.59 Å². The molecule has 1 N–H and O–H groups in total. The van der Waals surface area contributed by atoms with Gasteiger partial charge in [0.15, 0.2) is 0 Å². The highest BCUT2D eigenvalue weighted by Gasteiger charge is 2.26. The molecule has 24 heavy (non-hydrogen) atoms. The number of likely N-dealkylation sites (tertiary alicyclic amines) is 1. The fraction of sp³-hybridized carbons (Fsp3) is 0.895. The van der Waals surface area contributed by atoms with Gasteiger partial charge in [-0.05, 0) is 39.5 Å². The van der Waals surface area contributed by atoms with Crippen molar-refractivity contribution in [3.63, 3.8) is 0 Å². The maximum absolute atomic E-state index is 11.8. The predicted molar refractivity (Wildman–Crippen MR) is 96.9 cm³/mol. The van der Waals surface area contributed by atoms with Crippen LogP contribution >= 0.6 is 0 Å². The highest BCUT2D eigenvalue weighted by atomic mass is 16.6. The van der Waals surface area contributed by atoms with Gasteiger partial charge >= 0.3 is 6.09 Å². The number of hydrogen-bond donors (Lipinski definition) is 1.